The summed E-state index contributed by atoms with van der Waals surface area (Å²) in [4.78, 5) is 26.9. The molecule has 8 nitrogen and oxygen atoms in total. The fraction of sp³-hybridized carbons (Fsp3) is 0.150. The summed E-state index contributed by atoms with van der Waals surface area (Å²) in [6, 6.07) is 10.5. The third-order valence-electron chi connectivity index (χ3n) is 4.54. The highest BCUT2D eigenvalue weighted by Crippen LogP contribution is 2.27. The van der Waals surface area contributed by atoms with E-state index in [1.165, 1.54) is 7.11 Å². The largest absolute Gasteiger partial charge is 0.495 e. The molecule has 9 heteroatoms. The Hall–Kier alpha value is -3.33. The third kappa shape index (κ3) is 3.95. The second-order valence-electron chi connectivity index (χ2n) is 6.22. The summed E-state index contributed by atoms with van der Waals surface area (Å²) in [6.45, 7) is 3.71. The van der Waals surface area contributed by atoms with Crippen molar-refractivity contribution in [2.24, 2.45) is 5.10 Å². The monoisotopic (exact) mass is 458 g/mol. The van der Waals surface area contributed by atoms with Crippen LogP contribution in [0.1, 0.15) is 16.7 Å². The molecule has 29 heavy (non-hydrogen) atoms. The van der Waals surface area contributed by atoms with Gasteiger partial charge in [-0.1, -0.05) is 28.1 Å². The van der Waals surface area contributed by atoms with Crippen LogP contribution in [-0.4, -0.2) is 28.0 Å². The number of para-hydroxylation sites is 2. The van der Waals surface area contributed by atoms with Gasteiger partial charge in [-0.05, 0) is 49.2 Å². The van der Waals surface area contributed by atoms with Gasteiger partial charge >= 0.3 is 5.69 Å². The van der Waals surface area contributed by atoms with E-state index in [9.17, 15) is 14.7 Å². The minimum absolute atomic E-state index is 0.160. The number of aromatic nitrogens is 2. The summed E-state index contributed by atoms with van der Waals surface area (Å²) >= 11 is 3.44. The Labute approximate surface area is 174 Å². The van der Waals surface area contributed by atoms with Gasteiger partial charge < -0.3 is 9.84 Å². The number of benzene rings is 2. The van der Waals surface area contributed by atoms with Gasteiger partial charge in [-0.2, -0.15) is 5.10 Å². The highest BCUT2D eigenvalue weighted by atomic mass is 79.9. The molecular formula is C20H19BrN4O4. The molecule has 2 aromatic carbocycles. The zero-order valence-corrected chi connectivity index (χ0v) is 17.6. The first-order valence-corrected chi connectivity index (χ1v) is 9.41. The number of hydrogen-bond donors (Lipinski definition) is 3. The molecule has 0 aliphatic carbocycles. The van der Waals surface area contributed by atoms with Crippen molar-refractivity contribution in [3.05, 3.63) is 78.4 Å². The molecule has 0 spiro atoms. The summed E-state index contributed by atoms with van der Waals surface area (Å²) in [6.07, 6.45) is 1.15. The number of hydrazone groups is 1. The number of aromatic hydroxyl groups is 1. The maximum absolute atomic E-state index is 12.4. The van der Waals surface area contributed by atoms with Gasteiger partial charge in [0.15, 0.2) is 0 Å². The maximum Gasteiger partial charge on any atom is 0.335 e. The Morgan fingerprint density at radius 3 is 2.62 bits per heavy atom. The van der Waals surface area contributed by atoms with E-state index in [1.807, 2.05) is 19.9 Å². The Morgan fingerprint density at radius 2 is 1.90 bits per heavy atom. The molecule has 3 aromatic rings. The maximum atomic E-state index is 12.4. The lowest BCUT2D eigenvalue weighted by molar-refractivity contribution is 0.416. The SMILES string of the molecule is COc1ccccc1NN=Cc1c(O)n(-c2ccc(Br)c(C)c2C)c(=O)[nH]c1=O. The molecule has 3 rings (SSSR count). The fourth-order valence-electron chi connectivity index (χ4n) is 2.80. The van der Waals surface area contributed by atoms with E-state index in [0.717, 1.165) is 26.4 Å². The number of hydrogen-bond acceptors (Lipinski definition) is 6. The van der Waals surface area contributed by atoms with Crippen LogP contribution in [0, 0.1) is 13.8 Å². The number of aromatic amines is 1. The zero-order chi connectivity index (χ0) is 21.1. The average molecular weight is 459 g/mol. The Kier molecular flexibility index (Phi) is 5.88. The van der Waals surface area contributed by atoms with Gasteiger partial charge in [0.1, 0.15) is 11.3 Å². The number of halogens is 1. The molecule has 150 valence electrons. The third-order valence-corrected chi connectivity index (χ3v) is 5.40. The topological polar surface area (TPSA) is 109 Å². The van der Waals surface area contributed by atoms with Crippen LogP contribution in [-0.2, 0) is 0 Å². The van der Waals surface area contributed by atoms with Crippen LogP contribution in [0.3, 0.4) is 0 Å². The lowest BCUT2D eigenvalue weighted by atomic mass is 10.1. The first-order valence-electron chi connectivity index (χ1n) is 8.61. The molecule has 0 amide bonds. The molecule has 0 aliphatic rings. The van der Waals surface area contributed by atoms with Crippen LogP contribution in [0.2, 0.25) is 0 Å². The number of rotatable bonds is 5. The summed E-state index contributed by atoms with van der Waals surface area (Å²) in [5.41, 5.74) is 3.82. The Bertz CT molecular complexity index is 1210. The lowest BCUT2D eigenvalue weighted by Crippen LogP contribution is -2.31. The molecule has 1 aromatic heterocycles. The van der Waals surface area contributed by atoms with Crippen LogP contribution < -0.4 is 21.4 Å². The molecule has 0 bridgehead atoms. The highest BCUT2D eigenvalue weighted by Gasteiger charge is 2.17. The van der Waals surface area contributed by atoms with Crippen molar-refractivity contribution >= 4 is 27.8 Å². The highest BCUT2D eigenvalue weighted by molar-refractivity contribution is 9.10. The van der Waals surface area contributed by atoms with Gasteiger partial charge in [0.05, 0.1) is 24.7 Å². The number of nitrogens with zero attached hydrogens (tertiary/aromatic N) is 2. The van der Waals surface area contributed by atoms with Crippen molar-refractivity contribution in [2.75, 3.05) is 12.5 Å². The molecule has 0 saturated heterocycles. The molecule has 3 N–H and O–H groups in total. The molecule has 1 heterocycles. The summed E-state index contributed by atoms with van der Waals surface area (Å²) < 4.78 is 7.14. The van der Waals surface area contributed by atoms with E-state index < -0.39 is 17.1 Å². The van der Waals surface area contributed by atoms with Crippen molar-refractivity contribution in [3.63, 3.8) is 0 Å². The average Bonchev–Trinajstić information content (AvgIpc) is 2.70. The number of nitrogens with one attached hydrogen (secondary N) is 2. The quantitative estimate of drug-likeness (QED) is 0.402. The Balaban J connectivity index is 2.06. The molecule has 0 saturated carbocycles. The van der Waals surface area contributed by atoms with Crippen LogP contribution >= 0.6 is 15.9 Å². The molecule has 0 radical (unpaired) electrons. The van der Waals surface area contributed by atoms with Crippen molar-refractivity contribution < 1.29 is 9.84 Å². The first kappa shape index (κ1) is 20.4. The fourth-order valence-corrected chi connectivity index (χ4v) is 3.23. The summed E-state index contributed by atoms with van der Waals surface area (Å²) in [5.74, 6) is 0.0582. The van der Waals surface area contributed by atoms with E-state index in [4.69, 9.17) is 4.74 Å². The molecule has 0 atom stereocenters. The van der Waals surface area contributed by atoms with E-state index in [-0.39, 0.29) is 5.56 Å². The van der Waals surface area contributed by atoms with Crippen molar-refractivity contribution in [2.45, 2.75) is 13.8 Å². The molecule has 0 fully saturated rings. The van der Waals surface area contributed by atoms with E-state index >= 15 is 0 Å². The van der Waals surface area contributed by atoms with Crippen LogP contribution in [0.15, 0.2) is 55.6 Å². The molecular weight excluding hydrogens is 440 g/mol. The second-order valence-corrected chi connectivity index (χ2v) is 7.07. The predicted octanol–water partition coefficient (Wildman–Crippen LogP) is 3.07. The minimum atomic E-state index is -0.749. The number of ether oxygens (including phenoxy) is 1. The van der Waals surface area contributed by atoms with E-state index in [0.29, 0.717) is 17.1 Å². The van der Waals surface area contributed by atoms with Crippen molar-refractivity contribution in [1.82, 2.24) is 9.55 Å². The minimum Gasteiger partial charge on any atom is -0.495 e. The van der Waals surface area contributed by atoms with Gasteiger partial charge in [0, 0.05) is 4.47 Å². The van der Waals surface area contributed by atoms with Gasteiger partial charge in [-0.25, -0.2) is 9.36 Å². The van der Waals surface area contributed by atoms with Gasteiger partial charge in [0.25, 0.3) is 5.56 Å². The zero-order valence-electron chi connectivity index (χ0n) is 16.0. The predicted molar refractivity (Wildman–Crippen MR) is 116 cm³/mol. The number of anilines is 1. The van der Waals surface area contributed by atoms with Gasteiger partial charge in [-0.15, -0.1) is 0 Å². The van der Waals surface area contributed by atoms with Crippen LogP contribution in [0.4, 0.5) is 5.69 Å². The number of H-pyrrole nitrogens is 1. The van der Waals surface area contributed by atoms with Crippen molar-refractivity contribution in [3.8, 4) is 17.3 Å². The van der Waals surface area contributed by atoms with Gasteiger partial charge in [0.2, 0.25) is 5.88 Å². The van der Waals surface area contributed by atoms with E-state index in [1.54, 1.807) is 30.3 Å². The summed E-state index contributed by atoms with van der Waals surface area (Å²) in [7, 11) is 1.53. The normalized spacial score (nSPS) is 11.0. The lowest BCUT2D eigenvalue weighted by Gasteiger charge is -2.14. The molecule has 0 aliphatic heterocycles. The number of methoxy groups -OCH3 is 1. The van der Waals surface area contributed by atoms with Crippen LogP contribution in [0.25, 0.3) is 5.69 Å². The standard InChI is InChI=1S/C20H19BrN4O4/c1-11-12(2)16(9-8-14(11)21)25-19(27)13(18(26)23-20(25)28)10-22-24-15-6-4-5-7-17(15)29-3/h4-10,24,27H,1-3H3,(H,23,26,28). The second kappa shape index (κ2) is 8.36. The van der Waals surface area contributed by atoms with Crippen LogP contribution in [0.5, 0.6) is 11.6 Å². The van der Waals surface area contributed by atoms with Gasteiger partial charge in [-0.3, -0.25) is 15.2 Å². The Morgan fingerprint density at radius 1 is 1.17 bits per heavy atom. The summed E-state index contributed by atoms with van der Waals surface area (Å²) in [5, 5.41) is 14.7. The van der Waals surface area contributed by atoms with E-state index in [2.05, 4.69) is 31.4 Å². The van der Waals surface area contributed by atoms with Crippen molar-refractivity contribution in [1.29, 1.82) is 0 Å². The molecule has 0 unspecified atom stereocenters. The smallest absolute Gasteiger partial charge is 0.335 e. The first-order chi connectivity index (χ1) is 13.8.